The van der Waals surface area contributed by atoms with Crippen LogP contribution in [0.25, 0.3) is 0 Å². The third kappa shape index (κ3) is 3.17. The summed E-state index contributed by atoms with van der Waals surface area (Å²) in [4.78, 5) is 0. The first-order valence-electron chi connectivity index (χ1n) is 6.40. The van der Waals surface area contributed by atoms with Crippen LogP contribution in [0.4, 0.5) is 0 Å². The smallest absolute Gasteiger partial charge is 0.0445 e. The highest BCUT2D eigenvalue weighted by Crippen LogP contribution is 2.20. The quantitative estimate of drug-likeness (QED) is 0.894. The van der Waals surface area contributed by atoms with Crippen molar-refractivity contribution < 1.29 is 4.21 Å². The first-order chi connectivity index (χ1) is 8.20. The molecule has 1 aliphatic rings. The summed E-state index contributed by atoms with van der Waals surface area (Å²) in [5, 5.41) is 3.76. The highest BCUT2D eigenvalue weighted by Gasteiger charge is 2.24. The summed E-state index contributed by atoms with van der Waals surface area (Å²) in [7, 11) is -0.687. The number of aryl methyl sites for hydroxylation is 1. The monoisotopic (exact) mass is 251 g/mol. The Morgan fingerprint density at radius 3 is 2.65 bits per heavy atom. The Kier molecular flexibility index (Phi) is 4.35. The SMILES string of the molecule is CCCc1ccc(C2CS(=O)C(C)CN2)cc1. The first kappa shape index (κ1) is 12.8. The van der Waals surface area contributed by atoms with Gasteiger partial charge in [-0.2, -0.15) is 0 Å². The lowest BCUT2D eigenvalue weighted by molar-refractivity contribution is 0.540. The fourth-order valence-corrected chi connectivity index (χ4v) is 3.46. The van der Waals surface area contributed by atoms with Crippen molar-refractivity contribution in [1.82, 2.24) is 5.32 Å². The van der Waals surface area contributed by atoms with E-state index in [4.69, 9.17) is 0 Å². The molecule has 1 fully saturated rings. The van der Waals surface area contributed by atoms with Crippen LogP contribution in [-0.4, -0.2) is 21.8 Å². The second-order valence-electron chi connectivity index (χ2n) is 4.81. The van der Waals surface area contributed by atoms with Gasteiger partial charge in [-0.25, -0.2) is 0 Å². The van der Waals surface area contributed by atoms with Gasteiger partial charge in [-0.05, 0) is 24.5 Å². The summed E-state index contributed by atoms with van der Waals surface area (Å²) in [6.45, 7) is 5.10. The molecule has 0 spiro atoms. The molecule has 1 N–H and O–H groups in total. The summed E-state index contributed by atoms with van der Waals surface area (Å²) < 4.78 is 11.8. The van der Waals surface area contributed by atoms with E-state index >= 15 is 0 Å². The second kappa shape index (κ2) is 5.78. The van der Waals surface area contributed by atoms with Crippen LogP contribution in [0.2, 0.25) is 0 Å². The van der Waals surface area contributed by atoms with Gasteiger partial charge in [0.15, 0.2) is 0 Å². The van der Waals surface area contributed by atoms with Crippen molar-refractivity contribution in [2.24, 2.45) is 0 Å². The van der Waals surface area contributed by atoms with E-state index in [1.54, 1.807) is 0 Å². The Bertz CT molecular complexity index is 388. The molecule has 3 heteroatoms. The molecule has 3 atom stereocenters. The highest BCUT2D eigenvalue weighted by atomic mass is 32.2. The van der Waals surface area contributed by atoms with Gasteiger partial charge in [0.25, 0.3) is 0 Å². The number of hydrogen-bond acceptors (Lipinski definition) is 2. The minimum absolute atomic E-state index is 0.266. The zero-order valence-corrected chi connectivity index (χ0v) is 11.4. The molecule has 2 rings (SSSR count). The average molecular weight is 251 g/mol. The third-order valence-corrected chi connectivity index (χ3v) is 5.08. The topological polar surface area (TPSA) is 29.1 Å². The molecule has 1 aromatic carbocycles. The van der Waals surface area contributed by atoms with Crippen molar-refractivity contribution in [3.05, 3.63) is 35.4 Å². The molecule has 3 unspecified atom stereocenters. The highest BCUT2D eigenvalue weighted by molar-refractivity contribution is 7.85. The average Bonchev–Trinajstić information content (AvgIpc) is 2.34. The van der Waals surface area contributed by atoms with Crippen LogP contribution < -0.4 is 5.32 Å². The zero-order chi connectivity index (χ0) is 12.3. The van der Waals surface area contributed by atoms with Gasteiger partial charge in [-0.15, -0.1) is 0 Å². The van der Waals surface area contributed by atoms with Crippen LogP contribution in [0.1, 0.15) is 37.4 Å². The third-order valence-electron chi connectivity index (χ3n) is 3.35. The summed E-state index contributed by atoms with van der Waals surface area (Å²) in [6.07, 6.45) is 2.32. The van der Waals surface area contributed by atoms with Crippen molar-refractivity contribution >= 4 is 10.8 Å². The summed E-state index contributed by atoms with van der Waals surface area (Å²) in [5.41, 5.74) is 2.66. The second-order valence-corrected chi connectivity index (χ2v) is 6.71. The molecule has 94 valence electrons. The molecule has 2 nitrogen and oxygen atoms in total. The maximum absolute atomic E-state index is 11.8. The van der Waals surface area contributed by atoms with E-state index in [0.29, 0.717) is 0 Å². The molecule has 0 aromatic heterocycles. The van der Waals surface area contributed by atoms with Crippen molar-refractivity contribution in [3.63, 3.8) is 0 Å². The van der Waals surface area contributed by atoms with Crippen molar-refractivity contribution in [1.29, 1.82) is 0 Å². The molecule has 0 saturated carbocycles. The van der Waals surface area contributed by atoms with Crippen LogP contribution in [0.15, 0.2) is 24.3 Å². The molecular formula is C14H21NOS. The van der Waals surface area contributed by atoms with Crippen molar-refractivity contribution in [2.45, 2.75) is 38.0 Å². The fraction of sp³-hybridized carbons (Fsp3) is 0.571. The predicted octanol–water partition coefficient (Wildman–Crippen LogP) is 2.42. The standard InChI is InChI=1S/C14H21NOS/c1-3-4-12-5-7-13(8-6-12)14-10-17(16)11(2)9-15-14/h5-8,11,14-15H,3-4,9-10H2,1-2H3. The van der Waals surface area contributed by atoms with E-state index in [0.717, 1.165) is 18.7 Å². The lowest BCUT2D eigenvalue weighted by atomic mass is 10.0. The Labute approximate surface area is 106 Å². The van der Waals surface area contributed by atoms with Gasteiger partial charge in [0.1, 0.15) is 0 Å². The number of hydrogen-bond donors (Lipinski definition) is 1. The molecule has 0 aliphatic carbocycles. The van der Waals surface area contributed by atoms with Gasteiger partial charge in [0.2, 0.25) is 0 Å². The van der Waals surface area contributed by atoms with Gasteiger partial charge in [0, 0.05) is 34.4 Å². The normalized spacial score (nSPS) is 29.2. The van der Waals surface area contributed by atoms with Gasteiger partial charge >= 0.3 is 0 Å². The van der Waals surface area contributed by atoms with Crippen LogP contribution in [0.3, 0.4) is 0 Å². The Hall–Kier alpha value is -0.670. The van der Waals surface area contributed by atoms with Gasteiger partial charge in [0.05, 0.1) is 0 Å². The van der Waals surface area contributed by atoms with Crippen LogP contribution in [0.5, 0.6) is 0 Å². The molecule has 17 heavy (non-hydrogen) atoms. The summed E-state index contributed by atoms with van der Waals surface area (Å²) in [6, 6.07) is 9.01. The van der Waals surface area contributed by atoms with Gasteiger partial charge < -0.3 is 5.32 Å². The minimum Gasteiger partial charge on any atom is -0.308 e. The summed E-state index contributed by atoms with van der Waals surface area (Å²) >= 11 is 0. The van der Waals surface area contributed by atoms with E-state index in [2.05, 4.69) is 36.5 Å². The van der Waals surface area contributed by atoms with E-state index in [1.165, 1.54) is 17.5 Å². The Morgan fingerprint density at radius 1 is 1.35 bits per heavy atom. The van der Waals surface area contributed by atoms with Crippen molar-refractivity contribution in [3.8, 4) is 0 Å². The number of benzene rings is 1. The Morgan fingerprint density at radius 2 is 2.06 bits per heavy atom. The van der Waals surface area contributed by atoms with E-state index < -0.39 is 10.8 Å². The fourth-order valence-electron chi connectivity index (χ4n) is 2.21. The van der Waals surface area contributed by atoms with Crippen LogP contribution in [-0.2, 0) is 17.2 Å². The van der Waals surface area contributed by atoms with Crippen LogP contribution in [0, 0.1) is 0 Å². The maximum atomic E-state index is 11.8. The molecule has 0 bridgehead atoms. The molecule has 0 radical (unpaired) electrons. The van der Waals surface area contributed by atoms with E-state index in [-0.39, 0.29) is 11.3 Å². The van der Waals surface area contributed by atoms with Crippen LogP contribution >= 0.6 is 0 Å². The first-order valence-corrected chi connectivity index (χ1v) is 7.78. The largest absolute Gasteiger partial charge is 0.308 e. The zero-order valence-electron chi connectivity index (χ0n) is 10.6. The molecule has 1 aromatic rings. The maximum Gasteiger partial charge on any atom is 0.0445 e. The molecule has 1 saturated heterocycles. The summed E-state index contributed by atoms with van der Waals surface area (Å²) in [5.74, 6) is 0.744. The minimum atomic E-state index is -0.687. The van der Waals surface area contributed by atoms with Gasteiger partial charge in [-0.1, -0.05) is 37.6 Å². The molecule has 1 heterocycles. The van der Waals surface area contributed by atoms with Crippen molar-refractivity contribution in [2.75, 3.05) is 12.3 Å². The predicted molar refractivity (Wildman–Crippen MR) is 73.7 cm³/mol. The molecular weight excluding hydrogens is 230 g/mol. The van der Waals surface area contributed by atoms with Gasteiger partial charge in [-0.3, -0.25) is 4.21 Å². The number of nitrogens with one attached hydrogen (secondary N) is 1. The van der Waals surface area contributed by atoms with E-state index in [9.17, 15) is 4.21 Å². The Balaban J connectivity index is 2.05. The molecule has 1 aliphatic heterocycles. The lowest BCUT2D eigenvalue weighted by Crippen LogP contribution is -2.41. The molecule has 0 amide bonds. The van der Waals surface area contributed by atoms with E-state index in [1.807, 2.05) is 6.92 Å². The lowest BCUT2D eigenvalue weighted by Gasteiger charge is -2.27. The number of rotatable bonds is 3.